The van der Waals surface area contributed by atoms with Gasteiger partial charge in [0.1, 0.15) is 5.75 Å². The molecule has 0 unspecified atom stereocenters. The van der Waals surface area contributed by atoms with Crippen LogP contribution in [0.4, 0.5) is 0 Å². The van der Waals surface area contributed by atoms with Gasteiger partial charge >= 0.3 is 0 Å². The zero-order chi connectivity index (χ0) is 19.9. The lowest BCUT2D eigenvalue weighted by Gasteiger charge is -2.34. The number of aromatic nitrogens is 1. The van der Waals surface area contributed by atoms with Gasteiger partial charge in [-0.3, -0.25) is 14.6 Å². The van der Waals surface area contributed by atoms with Crippen LogP contribution in [0.2, 0.25) is 10.0 Å². The van der Waals surface area contributed by atoms with E-state index in [0.717, 1.165) is 0 Å². The van der Waals surface area contributed by atoms with Gasteiger partial charge in [-0.2, -0.15) is 0 Å². The number of carbonyl (C=O) groups excluding carboxylic acids is 2. The van der Waals surface area contributed by atoms with Crippen molar-refractivity contribution in [1.29, 1.82) is 0 Å². The van der Waals surface area contributed by atoms with Crippen LogP contribution < -0.4 is 4.74 Å². The Kier molecular flexibility index (Phi) is 7.12. The summed E-state index contributed by atoms with van der Waals surface area (Å²) in [6, 6.07) is 8.53. The Morgan fingerprint density at radius 1 is 1.07 bits per heavy atom. The van der Waals surface area contributed by atoms with E-state index in [1.807, 2.05) is 0 Å². The van der Waals surface area contributed by atoms with Crippen molar-refractivity contribution in [3.63, 3.8) is 0 Å². The lowest BCUT2D eigenvalue weighted by molar-refractivity contribution is -0.132. The van der Waals surface area contributed by atoms with Crippen LogP contribution in [0.5, 0.6) is 5.75 Å². The number of rotatable bonds is 6. The Balaban J connectivity index is 1.38. The molecule has 0 saturated carbocycles. The number of ether oxygens (including phenoxy) is 1. The summed E-state index contributed by atoms with van der Waals surface area (Å²) in [4.78, 5) is 32.3. The van der Waals surface area contributed by atoms with Crippen molar-refractivity contribution < 1.29 is 14.3 Å². The third kappa shape index (κ3) is 5.36. The van der Waals surface area contributed by atoms with Crippen LogP contribution in [-0.4, -0.2) is 59.4 Å². The molecule has 0 bridgehead atoms. The minimum Gasteiger partial charge on any atom is -0.492 e. The lowest BCUT2D eigenvalue weighted by atomic mass is 10.2. The Bertz CT molecular complexity index is 825. The normalized spacial score (nSPS) is 14.1. The van der Waals surface area contributed by atoms with Crippen LogP contribution in [0.3, 0.4) is 0 Å². The van der Waals surface area contributed by atoms with E-state index < -0.39 is 0 Å². The second-order valence-electron chi connectivity index (χ2n) is 6.44. The van der Waals surface area contributed by atoms with Gasteiger partial charge in [0, 0.05) is 50.0 Å². The second kappa shape index (κ2) is 9.75. The highest BCUT2D eigenvalue weighted by molar-refractivity contribution is 6.35. The first-order valence-electron chi connectivity index (χ1n) is 9.09. The van der Waals surface area contributed by atoms with Gasteiger partial charge in [-0.25, -0.2) is 0 Å². The molecule has 1 aromatic heterocycles. The molecule has 1 aromatic carbocycles. The van der Waals surface area contributed by atoms with Crippen molar-refractivity contribution in [3.8, 4) is 5.75 Å². The van der Waals surface area contributed by atoms with Crippen LogP contribution in [0.15, 0.2) is 42.7 Å². The molecule has 8 heteroatoms. The molecule has 1 aliphatic heterocycles. The van der Waals surface area contributed by atoms with Crippen molar-refractivity contribution >= 4 is 35.0 Å². The molecular weight excluding hydrogens is 401 g/mol. The van der Waals surface area contributed by atoms with Gasteiger partial charge in [-0.15, -0.1) is 0 Å². The number of halogens is 2. The van der Waals surface area contributed by atoms with E-state index >= 15 is 0 Å². The fourth-order valence-electron chi connectivity index (χ4n) is 2.99. The van der Waals surface area contributed by atoms with E-state index in [1.165, 1.54) is 0 Å². The highest BCUT2D eigenvalue weighted by atomic mass is 35.5. The molecule has 2 heterocycles. The molecule has 0 N–H and O–H groups in total. The molecule has 0 radical (unpaired) electrons. The Morgan fingerprint density at radius 2 is 1.82 bits per heavy atom. The molecule has 2 amide bonds. The van der Waals surface area contributed by atoms with Gasteiger partial charge in [-0.1, -0.05) is 23.2 Å². The molecule has 6 nitrogen and oxygen atoms in total. The molecule has 1 saturated heterocycles. The van der Waals surface area contributed by atoms with Crippen molar-refractivity contribution in [1.82, 2.24) is 14.8 Å². The predicted molar refractivity (Wildman–Crippen MR) is 108 cm³/mol. The second-order valence-corrected chi connectivity index (χ2v) is 7.29. The zero-order valence-electron chi connectivity index (χ0n) is 15.3. The van der Waals surface area contributed by atoms with Crippen molar-refractivity contribution in [3.05, 3.63) is 58.3 Å². The van der Waals surface area contributed by atoms with E-state index in [-0.39, 0.29) is 11.8 Å². The van der Waals surface area contributed by atoms with Crippen LogP contribution in [0, 0.1) is 0 Å². The van der Waals surface area contributed by atoms with Gasteiger partial charge in [0.2, 0.25) is 5.91 Å². The van der Waals surface area contributed by atoms with Gasteiger partial charge in [0.15, 0.2) is 0 Å². The fourth-order valence-corrected chi connectivity index (χ4v) is 3.45. The molecule has 2 aromatic rings. The third-order valence-electron chi connectivity index (χ3n) is 4.51. The van der Waals surface area contributed by atoms with Crippen LogP contribution in [0.1, 0.15) is 23.2 Å². The smallest absolute Gasteiger partial charge is 0.255 e. The Morgan fingerprint density at radius 3 is 2.50 bits per heavy atom. The number of nitrogens with zero attached hydrogens (tertiary/aromatic N) is 3. The minimum atomic E-state index is -0.0477. The minimum absolute atomic E-state index is 0.0477. The molecule has 1 fully saturated rings. The first-order chi connectivity index (χ1) is 13.5. The number of hydrogen-bond donors (Lipinski definition) is 0. The lowest BCUT2D eigenvalue weighted by Crippen LogP contribution is -2.50. The average molecular weight is 422 g/mol. The van der Waals surface area contributed by atoms with Gasteiger partial charge in [0.05, 0.1) is 17.2 Å². The maximum absolute atomic E-state index is 12.4. The molecule has 28 heavy (non-hydrogen) atoms. The summed E-state index contributed by atoms with van der Waals surface area (Å²) in [7, 11) is 0. The summed E-state index contributed by atoms with van der Waals surface area (Å²) in [5, 5.41) is 1.00. The summed E-state index contributed by atoms with van der Waals surface area (Å²) in [6.45, 7) is 2.52. The van der Waals surface area contributed by atoms with Gasteiger partial charge in [-0.05, 0) is 36.8 Å². The van der Waals surface area contributed by atoms with E-state index in [9.17, 15) is 9.59 Å². The SMILES string of the molecule is O=C(CCCOc1ccc(Cl)cc1Cl)N1CCN(C(=O)c2cccnc2)CC1. The maximum Gasteiger partial charge on any atom is 0.255 e. The molecular formula is C20H21Cl2N3O3. The van der Waals surface area contributed by atoms with Crippen LogP contribution >= 0.6 is 23.2 Å². The van der Waals surface area contributed by atoms with Crippen molar-refractivity contribution in [2.45, 2.75) is 12.8 Å². The maximum atomic E-state index is 12.4. The number of amides is 2. The fraction of sp³-hybridized carbons (Fsp3) is 0.350. The number of pyridine rings is 1. The predicted octanol–water partition coefficient (Wildman–Crippen LogP) is 3.53. The Hall–Kier alpha value is -2.31. The Labute approximate surface area is 174 Å². The van der Waals surface area contributed by atoms with E-state index in [4.69, 9.17) is 27.9 Å². The summed E-state index contributed by atoms with van der Waals surface area (Å²) >= 11 is 11.9. The number of hydrogen-bond acceptors (Lipinski definition) is 4. The standard InChI is InChI=1S/C20H21Cl2N3O3/c21-16-5-6-18(17(22)13-16)28-12-2-4-19(26)24-8-10-25(11-9-24)20(27)15-3-1-7-23-14-15/h1,3,5-7,13-14H,2,4,8-12H2. The van der Waals surface area contributed by atoms with Crippen molar-refractivity contribution in [2.75, 3.05) is 32.8 Å². The topological polar surface area (TPSA) is 62.7 Å². The van der Waals surface area contributed by atoms with E-state index in [2.05, 4.69) is 4.98 Å². The average Bonchev–Trinajstić information content (AvgIpc) is 2.72. The monoisotopic (exact) mass is 421 g/mol. The van der Waals surface area contributed by atoms with Gasteiger partial charge < -0.3 is 14.5 Å². The van der Waals surface area contributed by atoms with E-state index in [1.54, 1.807) is 52.5 Å². The van der Waals surface area contributed by atoms with Crippen LogP contribution in [-0.2, 0) is 4.79 Å². The van der Waals surface area contributed by atoms with Gasteiger partial charge in [0.25, 0.3) is 5.91 Å². The summed E-state index contributed by atoms with van der Waals surface area (Å²) < 4.78 is 5.61. The molecule has 3 rings (SSSR count). The highest BCUT2D eigenvalue weighted by Crippen LogP contribution is 2.27. The largest absolute Gasteiger partial charge is 0.492 e. The van der Waals surface area contributed by atoms with Crippen molar-refractivity contribution in [2.24, 2.45) is 0 Å². The van der Waals surface area contributed by atoms with Crippen LogP contribution in [0.25, 0.3) is 0 Å². The number of carbonyl (C=O) groups is 2. The summed E-state index contributed by atoms with van der Waals surface area (Å²) in [5.74, 6) is 0.578. The summed E-state index contributed by atoms with van der Waals surface area (Å²) in [5.41, 5.74) is 0.570. The first kappa shape index (κ1) is 20.4. The van der Waals surface area contributed by atoms with E-state index in [0.29, 0.717) is 67.0 Å². The highest BCUT2D eigenvalue weighted by Gasteiger charge is 2.24. The molecule has 0 spiro atoms. The number of benzene rings is 1. The number of piperazine rings is 1. The zero-order valence-corrected chi connectivity index (χ0v) is 16.8. The summed E-state index contributed by atoms with van der Waals surface area (Å²) in [6.07, 6.45) is 4.18. The first-order valence-corrected chi connectivity index (χ1v) is 9.85. The molecule has 0 aliphatic carbocycles. The molecule has 0 atom stereocenters. The third-order valence-corrected chi connectivity index (χ3v) is 5.05. The molecule has 1 aliphatic rings. The molecule has 148 valence electrons. The quantitative estimate of drug-likeness (QED) is 0.669.